The first kappa shape index (κ1) is 19.4. The fraction of sp³-hybridized carbons (Fsp3) is 0.125. The Bertz CT molecular complexity index is 1260. The van der Waals surface area contributed by atoms with E-state index in [0.29, 0.717) is 33.1 Å². The second-order valence-corrected chi connectivity index (χ2v) is 6.77. The van der Waals surface area contributed by atoms with Gasteiger partial charge in [0, 0.05) is 16.3 Å². The van der Waals surface area contributed by atoms with E-state index >= 15 is 0 Å². The minimum Gasteiger partial charge on any atom is -0.497 e. The molecule has 0 amide bonds. The molecule has 0 spiro atoms. The smallest absolute Gasteiger partial charge is 0.326 e. The Hall–Kier alpha value is -3.93. The standard InChI is InChI=1S/C24H19NO5/c1-29-17-8-6-7-16(13-17)22(26)15-30-23(27)14-25-20-11-4-2-9-18(20)24(28)19-10-3-5-12-21(19)25/h2-13H,14-15H2,1H3. The third-order valence-electron chi connectivity index (χ3n) is 4.92. The molecule has 150 valence electrons. The molecule has 0 aliphatic heterocycles. The quantitative estimate of drug-likeness (QED) is 0.280. The van der Waals surface area contributed by atoms with Gasteiger partial charge in [0.2, 0.25) is 0 Å². The molecule has 6 heteroatoms. The number of fused-ring (bicyclic) bond motifs is 2. The Morgan fingerprint density at radius 2 is 1.50 bits per heavy atom. The Labute approximate surface area is 172 Å². The molecule has 6 nitrogen and oxygen atoms in total. The predicted molar refractivity (Wildman–Crippen MR) is 114 cm³/mol. The number of nitrogens with zero attached hydrogens (tertiary/aromatic N) is 1. The molecule has 3 aromatic carbocycles. The van der Waals surface area contributed by atoms with E-state index in [0.717, 1.165) is 0 Å². The van der Waals surface area contributed by atoms with Crippen molar-refractivity contribution in [2.45, 2.75) is 6.54 Å². The van der Waals surface area contributed by atoms with Crippen molar-refractivity contribution in [3.8, 4) is 5.75 Å². The van der Waals surface area contributed by atoms with Crippen LogP contribution in [0.1, 0.15) is 10.4 Å². The van der Waals surface area contributed by atoms with Crippen molar-refractivity contribution in [2.24, 2.45) is 0 Å². The number of pyridine rings is 1. The Kier molecular flexibility index (Phi) is 5.30. The number of carbonyl (C=O) groups excluding carboxylic acids is 2. The van der Waals surface area contributed by atoms with Gasteiger partial charge in [0.1, 0.15) is 12.3 Å². The second kappa shape index (κ2) is 8.21. The monoisotopic (exact) mass is 401 g/mol. The van der Waals surface area contributed by atoms with E-state index in [1.165, 1.54) is 7.11 Å². The summed E-state index contributed by atoms with van der Waals surface area (Å²) in [6.07, 6.45) is 0. The maximum atomic E-state index is 12.8. The van der Waals surface area contributed by atoms with E-state index in [9.17, 15) is 14.4 Å². The molecule has 0 atom stereocenters. The zero-order valence-electron chi connectivity index (χ0n) is 16.3. The minimum absolute atomic E-state index is 0.0842. The van der Waals surface area contributed by atoms with Gasteiger partial charge in [0.25, 0.3) is 0 Å². The van der Waals surface area contributed by atoms with Gasteiger partial charge in [0.15, 0.2) is 17.8 Å². The molecule has 0 N–H and O–H groups in total. The van der Waals surface area contributed by atoms with Gasteiger partial charge < -0.3 is 14.0 Å². The first-order valence-corrected chi connectivity index (χ1v) is 9.41. The predicted octanol–water partition coefficient (Wildman–Crippen LogP) is 3.59. The number of esters is 1. The number of ether oxygens (including phenoxy) is 2. The van der Waals surface area contributed by atoms with Gasteiger partial charge in [-0.1, -0.05) is 36.4 Å². The molecule has 0 aliphatic carbocycles. The molecule has 1 heterocycles. The van der Waals surface area contributed by atoms with Crippen molar-refractivity contribution in [3.63, 3.8) is 0 Å². The van der Waals surface area contributed by atoms with Crippen molar-refractivity contribution in [2.75, 3.05) is 13.7 Å². The van der Waals surface area contributed by atoms with Gasteiger partial charge in [-0.25, -0.2) is 0 Å². The third-order valence-corrected chi connectivity index (χ3v) is 4.92. The van der Waals surface area contributed by atoms with E-state index in [4.69, 9.17) is 9.47 Å². The molecule has 0 saturated heterocycles. The minimum atomic E-state index is -0.565. The zero-order chi connectivity index (χ0) is 21.1. The lowest BCUT2D eigenvalue weighted by molar-refractivity contribution is -0.143. The molecule has 4 rings (SSSR count). The third kappa shape index (κ3) is 3.67. The number of methoxy groups -OCH3 is 1. The zero-order valence-corrected chi connectivity index (χ0v) is 16.3. The van der Waals surface area contributed by atoms with Gasteiger partial charge in [-0.15, -0.1) is 0 Å². The summed E-state index contributed by atoms with van der Waals surface area (Å²) in [6.45, 7) is -0.491. The van der Waals surface area contributed by atoms with Crippen molar-refractivity contribution in [3.05, 3.63) is 88.6 Å². The normalized spacial score (nSPS) is 10.8. The molecular formula is C24H19NO5. The molecule has 0 fully saturated rings. The van der Waals surface area contributed by atoms with Gasteiger partial charge in [-0.05, 0) is 36.4 Å². The first-order valence-electron chi connectivity index (χ1n) is 9.41. The Morgan fingerprint density at radius 1 is 0.867 bits per heavy atom. The fourth-order valence-corrected chi connectivity index (χ4v) is 3.45. The van der Waals surface area contributed by atoms with Gasteiger partial charge in [0.05, 0.1) is 18.1 Å². The Morgan fingerprint density at radius 3 is 2.13 bits per heavy atom. The second-order valence-electron chi connectivity index (χ2n) is 6.77. The number of hydrogen-bond acceptors (Lipinski definition) is 5. The molecule has 0 aliphatic rings. The first-order chi connectivity index (χ1) is 14.6. The maximum Gasteiger partial charge on any atom is 0.326 e. The molecule has 1 aromatic heterocycles. The van der Waals surface area contributed by atoms with Crippen molar-refractivity contribution in [1.29, 1.82) is 0 Å². The van der Waals surface area contributed by atoms with E-state index in [1.807, 2.05) is 12.1 Å². The number of ketones is 1. The molecule has 0 radical (unpaired) electrons. The highest BCUT2D eigenvalue weighted by Crippen LogP contribution is 2.19. The van der Waals surface area contributed by atoms with Crippen LogP contribution >= 0.6 is 0 Å². The number of carbonyl (C=O) groups is 2. The largest absolute Gasteiger partial charge is 0.497 e. The van der Waals surface area contributed by atoms with E-state index < -0.39 is 5.97 Å². The van der Waals surface area contributed by atoms with E-state index in [2.05, 4.69) is 0 Å². The highest BCUT2D eigenvalue weighted by Gasteiger charge is 2.15. The average molecular weight is 401 g/mol. The average Bonchev–Trinajstić information content (AvgIpc) is 2.80. The highest BCUT2D eigenvalue weighted by atomic mass is 16.5. The lowest BCUT2D eigenvalue weighted by Gasteiger charge is -2.14. The SMILES string of the molecule is COc1cccc(C(=O)COC(=O)Cn2c3ccccc3c(=O)c3ccccc32)c1. The summed E-state index contributed by atoms with van der Waals surface area (Å²) in [5, 5.41) is 1.05. The molecule has 0 saturated carbocycles. The summed E-state index contributed by atoms with van der Waals surface area (Å²) in [6, 6.07) is 20.9. The van der Waals surface area contributed by atoms with Gasteiger partial charge in [-0.2, -0.15) is 0 Å². The Balaban J connectivity index is 1.59. The lowest BCUT2D eigenvalue weighted by atomic mass is 10.1. The summed E-state index contributed by atoms with van der Waals surface area (Å²) in [4.78, 5) is 37.7. The van der Waals surface area contributed by atoms with Crippen LogP contribution in [0.3, 0.4) is 0 Å². The molecule has 0 bridgehead atoms. The van der Waals surface area contributed by atoms with Crippen LogP contribution in [-0.4, -0.2) is 30.0 Å². The van der Waals surface area contributed by atoms with Gasteiger partial charge in [-0.3, -0.25) is 14.4 Å². The molecule has 30 heavy (non-hydrogen) atoms. The number of benzene rings is 3. The van der Waals surface area contributed by atoms with Crippen LogP contribution in [0, 0.1) is 0 Å². The summed E-state index contributed by atoms with van der Waals surface area (Å²) >= 11 is 0. The van der Waals surface area contributed by atoms with Crippen LogP contribution in [-0.2, 0) is 16.1 Å². The summed E-state index contributed by atoms with van der Waals surface area (Å²) in [5.74, 6) is -0.333. The van der Waals surface area contributed by atoms with Crippen LogP contribution in [0.4, 0.5) is 0 Å². The number of rotatable bonds is 6. The molecular weight excluding hydrogens is 382 g/mol. The van der Waals surface area contributed by atoms with Crippen LogP contribution in [0.25, 0.3) is 21.8 Å². The van der Waals surface area contributed by atoms with Gasteiger partial charge >= 0.3 is 5.97 Å². The van der Waals surface area contributed by atoms with Crippen molar-refractivity contribution >= 4 is 33.6 Å². The number of hydrogen-bond donors (Lipinski definition) is 0. The van der Waals surface area contributed by atoms with Crippen molar-refractivity contribution in [1.82, 2.24) is 4.57 Å². The maximum absolute atomic E-state index is 12.8. The summed E-state index contributed by atoms with van der Waals surface area (Å²) in [5.41, 5.74) is 1.59. The van der Waals surface area contributed by atoms with E-state index in [-0.39, 0.29) is 24.4 Å². The summed E-state index contributed by atoms with van der Waals surface area (Å²) < 4.78 is 12.1. The summed E-state index contributed by atoms with van der Waals surface area (Å²) in [7, 11) is 1.52. The number of aromatic nitrogens is 1. The van der Waals surface area contributed by atoms with Crippen LogP contribution < -0.4 is 10.2 Å². The molecule has 0 unspecified atom stereocenters. The number of para-hydroxylation sites is 2. The van der Waals surface area contributed by atoms with Crippen LogP contribution in [0.2, 0.25) is 0 Å². The van der Waals surface area contributed by atoms with Crippen LogP contribution in [0.15, 0.2) is 77.6 Å². The fourth-order valence-electron chi connectivity index (χ4n) is 3.45. The van der Waals surface area contributed by atoms with Crippen LogP contribution in [0.5, 0.6) is 5.75 Å². The van der Waals surface area contributed by atoms with Crippen molar-refractivity contribution < 1.29 is 19.1 Å². The highest BCUT2D eigenvalue weighted by molar-refractivity contribution is 5.98. The molecule has 4 aromatic rings. The lowest BCUT2D eigenvalue weighted by Crippen LogP contribution is -2.20. The van der Waals surface area contributed by atoms with E-state index in [1.54, 1.807) is 65.2 Å². The topological polar surface area (TPSA) is 74.6 Å². The number of Topliss-reactive ketones (excluding diaryl/α,β-unsaturated/α-hetero) is 1.